The molecule has 1 fully saturated rings. The van der Waals surface area contributed by atoms with Crippen LogP contribution in [0.2, 0.25) is 0 Å². The molecule has 2 N–H and O–H groups in total. The molecule has 0 aliphatic carbocycles. The first-order chi connectivity index (χ1) is 15.9. The number of carbonyl (C=O) groups is 5. The van der Waals surface area contributed by atoms with Gasteiger partial charge in [0.1, 0.15) is 19.3 Å². The first-order valence-corrected chi connectivity index (χ1v) is 10.3. The molecule has 1 aliphatic heterocycles. The van der Waals surface area contributed by atoms with E-state index in [1.807, 2.05) is 0 Å². The predicted molar refractivity (Wildman–Crippen MR) is 149 cm³/mol. The highest BCUT2D eigenvalue weighted by Crippen LogP contribution is 2.13. The molecule has 0 aromatic carbocycles. The molecule has 0 aromatic rings. The quantitative estimate of drug-likeness (QED) is 0.205. The molecular weight excluding hydrogens is 518 g/mol. The van der Waals surface area contributed by atoms with Crippen LogP contribution in [0.3, 0.4) is 0 Å². The van der Waals surface area contributed by atoms with Crippen LogP contribution < -0.4 is 10.6 Å². The van der Waals surface area contributed by atoms with Crippen LogP contribution in [-0.4, -0.2) is 101 Å². The molecule has 0 bridgehead atoms. The fraction of sp³-hybridized carbons (Fsp3) is 0.800. The fourth-order valence-electron chi connectivity index (χ4n) is 2.37. The topological polar surface area (TPSA) is 168 Å². The van der Waals surface area contributed by atoms with Crippen molar-refractivity contribution in [1.82, 2.24) is 15.7 Å². The molecule has 1 aliphatic rings. The summed E-state index contributed by atoms with van der Waals surface area (Å²) in [6.45, 7) is 0.726. The second kappa shape index (κ2) is 29.6. The van der Waals surface area contributed by atoms with Crippen LogP contribution in [0.1, 0.15) is 70.2 Å². The number of imide groups is 1. The van der Waals surface area contributed by atoms with Gasteiger partial charge in [-0.05, 0) is 6.42 Å². The maximum atomic E-state index is 11.8. The zero-order chi connectivity index (χ0) is 24.5. The van der Waals surface area contributed by atoms with Gasteiger partial charge in [-0.3, -0.25) is 9.59 Å². The third-order valence-electron chi connectivity index (χ3n) is 4.03. The lowest BCUT2D eigenvalue weighted by Gasteiger charge is -2.18. The first kappa shape index (κ1) is 49.0. The maximum absolute atomic E-state index is 11.8. The Morgan fingerprint density at radius 3 is 1.62 bits per heavy atom. The summed E-state index contributed by atoms with van der Waals surface area (Å²) in [4.78, 5) is 62.8. The maximum Gasteiger partial charge on any atom is 0.407 e. The summed E-state index contributed by atoms with van der Waals surface area (Å²) in [7, 11) is 2.98. The lowest BCUT2D eigenvalue weighted by atomic mass is 10.3. The number of rotatable bonds is 16. The van der Waals surface area contributed by atoms with Crippen LogP contribution in [-0.2, 0) is 42.9 Å². The second-order valence-electron chi connectivity index (χ2n) is 6.68. The summed E-state index contributed by atoms with van der Waals surface area (Å²) >= 11 is 0. The third-order valence-corrected chi connectivity index (χ3v) is 4.03. The summed E-state index contributed by atoms with van der Waals surface area (Å²) < 4.78 is 25.2. The molecule has 1 heterocycles. The molecule has 0 atom stereocenters. The summed E-state index contributed by atoms with van der Waals surface area (Å²) in [5.41, 5.74) is 0. The van der Waals surface area contributed by atoms with Crippen molar-refractivity contribution in [2.75, 3.05) is 60.3 Å². The number of carbonyl (C=O) groups excluding carboxylic acids is 5. The molecule has 0 unspecified atom stereocenters. The molecule has 39 heavy (non-hydrogen) atoms. The summed E-state index contributed by atoms with van der Waals surface area (Å²) in [5, 5.41) is 5.40. The lowest BCUT2D eigenvalue weighted by Crippen LogP contribution is -2.35. The van der Waals surface area contributed by atoms with Gasteiger partial charge in [0, 0.05) is 46.8 Å². The predicted octanol–water partition coefficient (Wildman–Crippen LogP) is 3.32. The van der Waals surface area contributed by atoms with E-state index in [0.717, 1.165) is 0 Å². The van der Waals surface area contributed by atoms with Crippen molar-refractivity contribution in [2.24, 2.45) is 0 Å². The number of nitrogens with one attached hydrogen (secondary N) is 2. The van der Waals surface area contributed by atoms with E-state index in [1.165, 1.54) is 14.2 Å². The summed E-state index contributed by atoms with van der Waals surface area (Å²) in [5.74, 6) is -1.89. The number of methoxy groups -OCH3 is 2. The number of nitrogens with zero attached hydrogens (tertiary/aromatic N) is 1. The van der Waals surface area contributed by atoms with Gasteiger partial charge in [0.15, 0.2) is 0 Å². The smallest absolute Gasteiger partial charge is 0.407 e. The summed E-state index contributed by atoms with van der Waals surface area (Å²) in [6, 6.07) is 0. The van der Waals surface area contributed by atoms with Crippen molar-refractivity contribution in [3.8, 4) is 0 Å². The van der Waals surface area contributed by atoms with Crippen molar-refractivity contribution in [3.05, 3.63) is 0 Å². The fourth-order valence-corrected chi connectivity index (χ4v) is 2.37. The molecule has 14 nitrogen and oxygen atoms in total. The highest BCUT2D eigenvalue weighted by atomic mass is 16.7. The van der Waals surface area contributed by atoms with Gasteiger partial charge < -0.3 is 39.2 Å². The van der Waals surface area contributed by atoms with Crippen LogP contribution >= 0.6 is 0 Å². The number of ether oxygens (including phenoxy) is 5. The van der Waals surface area contributed by atoms with E-state index in [4.69, 9.17) is 28.5 Å². The van der Waals surface area contributed by atoms with Crippen molar-refractivity contribution in [2.45, 2.75) is 76.3 Å². The highest BCUT2D eigenvalue weighted by Gasteiger charge is 2.32. The third kappa shape index (κ3) is 22.7. The monoisotopic (exact) mass is 573 g/mol. The Hall–Kier alpha value is -2.97. The van der Waals surface area contributed by atoms with Gasteiger partial charge >= 0.3 is 18.2 Å². The van der Waals surface area contributed by atoms with Crippen molar-refractivity contribution < 1.29 is 52.5 Å². The molecule has 1 saturated heterocycles. The number of hydrogen-bond acceptors (Lipinski definition) is 11. The Morgan fingerprint density at radius 2 is 1.21 bits per heavy atom. The molecule has 14 heteroatoms. The lowest BCUT2D eigenvalue weighted by molar-refractivity contribution is -0.197. The Balaban J connectivity index is -0.000000454. The Bertz CT molecular complexity index is 621. The van der Waals surface area contributed by atoms with Crippen LogP contribution in [0.4, 0.5) is 9.59 Å². The largest absolute Gasteiger partial charge is 0.447 e. The van der Waals surface area contributed by atoms with Crippen LogP contribution in [0.25, 0.3) is 0 Å². The van der Waals surface area contributed by atoms with Crippen molar-refractivity contribution >= 4 is 30.0 Å². The number of amides is 4. The minimum atomic E-state index is -0.802. The average Bonchev–Trinajstić information content (AvgIpc) is 3.10. The van der Waals surface area contributed by atoms with Gasteiger partial charge in [-0.1, -0.05) is 44.6 Å². The minimum absolute atomic E-state index is 0. The van der Waals surface area contributed by atoms with E-state index in [1.54, 1.807) is 0 Å². The molecule has 0 aromatic heterocycles. The molecule has 0 spiro atoms. The standard InChI is InChI=1S/C19H31N3O11.6CH4/c1-28-10-7-20-18(26)31-12-14(13-32-19(27)21-8-11-29-2)30-9-3-4-17(25)33-22-15(23)5-6-16(22)24;;;;;;/h14H,3-13H2,1-2H3,(H,20,26)(H,21,27);6*1H4. The van der Waals surface area contributed by atoms with E-state index in [0.29, 0.717) is 18.3 Å². The molecule has 1 rings (SSSR count). The van der Waals surface area contributed by atoms with Gasteiger partial charge in [-0.15, -0.1) is 5.06 Å². The van der Waals surface area contributed by atoms with Crippen molar-refractivity contribution in [3.63, 3.8) is 0 Å². The normalized spacial score (nSPS) is 11.2. The first-order valence-electron chi connectivity index (χ1n) is 10.3. The molecule has 4 amide bonds. The van der Waals surface area contributed by atoms with Gasteiger partial charge in [-0.25, -0.2) is 14.4 Å². The van der Waals surface area contributed by atoms with E-state index in [2.05, 4.69) is 10.6 Å². The SMILES string of the molecule is C.C.C.C.C.C.COCCNC(=O)OCC(COC(=O)NCCOC)OCCCC(=O)ON1C(=O)CCC1=O. The molecule has 0 radical (unpaired) electrons. The van der Waals surface area contributed by atoms with E-state index in [-0.39, 0.29) is 103 Å². The van der Waals surface area contributed by atoms with E-state index < -0.39 is 36.1 Å². The number of alkyl carbamates (subject to hydrolysis) is 2. The number of hydroxylamine groups is 2. The van der Waals surface area contributed by atoms with E-state index in [9.17, 15) is 24.0 Å². The Labute approximate surface area is 235 Å². The van der Waals surface area contributed by atoms with E-state index >= 15 is 0 Å². The zero-order valence-corrected chi connectivity index (χ0v) is 18.8. The number of hydrogen-bond donors (Lipinski definition) is 2. The Morgan fingerprint density at radius 1 is 0.769 bits per heavy atom. The minimum Gasteiger partial charge on any atom is -0.447 e. The zero-order valence-electron chi connectivity index (χ0n) is 18.8. The highest BCUT2D eigenvalue weighted by molar-refractivity contribution is 6.01. The van der Waals surface area contributed by atoms with Crippen LogP contribution in [0.15, 0.2) is 0 Å². The molecular formula is C25H55N3O11. The molecule has 236 valence electrons. The van der Waals surface area contributed by atoms with Crippen LogP contribution in [0.5, 0.6) is 0 Å². The summed E-state index contributed by atoms with van der Waals surface area (Å²) in [6.07, 6.45) is -2.12. The second-order valence-corrected chi connectivity index (χ2v) is 6.68. The van der Waals surface area contributed by atoms with Gasteiger partial charge in [-0.2, -0.15) is 0 Å². The Kier molecular flexibility index (Phi) is 37.2. The average molecular weight is 574 g/mol. The van der Waals surface area contributed by atoms with Crippen molar-refractivity contribution in [1.29, 1.82) is 0 Å². The van der Waals surface area contributed by atoms with Gasteiger partial charge in [0.25, 0.3) is 11.8 Å². The molecule has 0 saturated carbocycles. The van der Waals surface area contributed by atoms with Gasteiger partial charge in [0.05, 0.1) is 19.6 Å². The van der Waals surface area contributed by atoms with Crippen LogP contribution in [0, 0.1) is 0 Å². The van der Waals surface area contributed by atoms with Gasteiger partial charge in [0.2, 0.25) is 0 Å².